The molecule has 1 aliphatic heterocycles. The molecule has 4 aromatic rings. The molecule has 1 aliphatic rings. The second-order valence-corrected chi connectivity index (χ2v) is 8.04. The third kappa shape index (κ3) is 1.53. The number of aryl methyl sites for hydroxylation is 3. The third-order valence-electron chi connectivity index (χ3n) is 6.27. The SMILES string of the molecule is [2H]C([2H])([2H])c1ccc2c3c1c1cccc(C)c1c1n3c(c[n+]1C)C(C([2H])([2H])[2H])(C([2H])([2H])[2H])C2(C)C. The second-order valence-electron chi connectivity index (χ2n) is 8.04. The molecular weight excluding hydrogens is 316 g/mol. The highest BCUT2D eigenvalue weighted by atomic mass is 15.1. The predicted octanol–water partition coefficient (Wildman–Crippen LogP) is 5.26. The Morgan fingerprint density at radius 3 is 2.54 bits per heavy atom. The van der Waals surface area contributed by atoms with Crippen molar-refractivity contribution in [2.75, 3.05) is 0 Å². The van der Waals surface area contributed by atoms with E-state index in [4.69, 9.17) is 12.3 Å². The zero-order chi connectivity index (χ0) is 26.1. The number of fused-ring (bicyclic) bond motifs is 3. The van der Waals surface area contributed by atoms with E-state index in [0.29, 0.717) is 22.1 Å². The van der Waals surface area contributed by atoms with Gasteiger partial charge in [-0.1, -0.05) is 57.9 Å². The lowest BCUT2D eigenvalue weighted by Crippen LogP contribution is -2.44. The van der Waals surface area contributed by atoms with Crippen LogP contribution in [0.5, 0.6) is 0 Å². The topological polar surface area (TPSA) is 8.29 Å². The molecule has 0 spiro atoms. The van der Waals surface area contributed by atoms with Crippen LogP contribution < -0.4 is 4.57 Å². The third-order valence-corrected chi connectivity index (χ3v) is 6.27. The summed E-state index contributed by atoms with van der Waals surface area (Å²) in [7, 11) is 1.77. The van der Waals surface area contributed by atoms with Gasteiger partial charge in [-0.2, -0.15) is 4.40 Å². The van der Waals surface area contributed by atoms with E-state index in [2.05, 4.69) is 0 Å². The molecule has 2 heteroatoms. The molecular formula is C24H27N2+. The van der Waals surface area contributed by atoms with Crippen LogP contribution in [0.1, 0.15) is 62.3 Å². The van der Waals surface area contributed by atoms with Gasteiger partial charge < -0.3 is 0 Å². The van der Waals surface area contributed by atoms with Crippen molar-refractivity contribution in [2.24, 2.45) is 7.05 Å². The highest BCUT2D eigenvalue weighted by molar-refractivity contribution is 6.14. The van der Waals surface area contributed by atoms with E-state index < -0.39 is 31.4 Å². The number of nitrogens with zero attached hydrogens (tertiary/aromatic N) is 2. The minimum absolute atomic E-state index is 0.144. The maximum absolute atomic E-state index is 8.60. The summed E-state index contributed by atoms with van der Waals surface area (Å²) in [6, 6.07) is 8.79. The predicted molar refractivity (Wildman–Crippen MR) is 109 cm³/mol. The van der Waals surface area contributed by atoms with Gasteiger partial charge in [0, 0.05) is 39.5 Å². The largest absolute Gasteiger partial charge is 0.295 e. The smallest absolute Gasteiger partial charge is 0.232 e. The summed E-state index contributed by atoms with van der Waals surface area (Å²) in [6.45, 7) is -3.00. The molecule has 0 N–H and O–H groups in total. The van der Waals surface area contributed by atoms with Crippen molar-refractivity contribution in [3.05, 3.63) is 58.9 Å². The number of hydrogen-bond donors (Lipinski definition) is 0. The Kier molecular flexibility index (Phi) is 1.56. The normalized spacial score (nSPS) is 24.2. The molecule has 132 valence electrons. The number of rotatable bonds is 0. The van der Waals surface area contributed by atoms with Crippen LogP contribution in [0.15, 0.2) is 36.5 Å². The van der Waals surface area contributed by atoms with Crippen LogP contribution in [-0.2, 0) is 17.9 Å². The molecule has 2 nitrogen and oxygen atoms in total. The zero-order valence-corrected chi connectivity index (χ0v) is 15.4. The van der Waals surface area contributed by atoms with Gasteiger partial charge in [-0.3, -0.25) is 0 Å². The van der Waals surface area contributed by atoms with Crippen LogP contribution in [-0.4, -0.2) is 4.40 Å². The van der Waals surface area contributed by atoms with E-state index in [1.807, 2.05) is 25.1 Å². The Hall–Kier alpha value is -2.35. The minimum Gasteiger partial charge on any atom is -0.232 e. The van der Waals surface area contributed by atoms with Gasteiger partial charge in [-0.15, -0.1) is 0 Å². The molecule has 2 aromatic heterocycles. The molecule has 2 aromatic carbocycles. The molecule has 0 amide bonds. The van der Waals surface area contributed by atoms with E-state index in [-0.39, 0.29) is 11.3 Å². The van der Waals surface area contributed by atoms with Crippen LogP contribution in [0.2, 0.25) is 0 Å². The summed E-state index contributed by atoms with van der Waals surface area (Å²) in [5.41, 5.74) is -0.757. The molecule has 0 saturated heterocycles. The van der Waals surface area contributed by atoms with Gasteiger partial charge >= 0.3 is 0 Å². The summed E-state index contributed by atoms with van der Waals surface area (Å²) in [4.78, 5) is 0. The number of imidazole rings is 1. The van der Waals surface area contributed by atoms with Gasteiger partial charge in [-0.05, 0) is 24.9 Å². The van der Waals surface area contributed by atoms with Gasteiger partial charge in [0.1, 0.15) is 11.7 Å². The van der Waals surface area contributed by atoms with E-state index in [0.717, 1.165) is 16.3 Å². The Labute approximate surface area is 167 Å². The first-order valence-corrected chi connectivity index (χ1v) is 8.79. The van der Waals surface area contributed by atoms with E-state index in [9.17, 15) is 0 Å². The number of benzene rings is 2. The summed E-state index contributed by atoms with van der Waals surface area (Å²) in [6.07, 6.45) is 1.60. The number of pyridine rings is 1. The van der Waals surface area contributed by atoms with E-state index in [1.165, 1.54) is 6.07 Å². The van der Waals surface area contributed by atoms with Gasteiger partial charge in [-0.25, -0.2) is 4.57 Å². The van der Waals surface area contributed by atoms with Gasteiger partial charge in [0.05, 0.1) is 12.4 Å². The van der Waals surface area contributed by atoms with Crippen molar-refractivity contribution in [1.29, 1.82) is 0 Å². The lowest BCUT2D eigenvalue weighted by Gasteiger charge is -2.43. The molecule has 0 radical (unpaired) electrons. The monoisotopic (exact) mass is 352 g/mol. The molecule has 0 unspecified atom stereocenters. The van der Waals surface area contributed by atoms with Gasteiger partial charge in [0.15, 0.2) is 5.69 Å². The van der Waals surface area contributed by atoms with Crippen LogP contribution in [0, 0.1) is 13.8 Å². The molecule has 0 saturated carbocycles. The molecule has 3 heterocycles. The van der Waals surface area contributed by atoms with Crippen molar-refractivity contribution in [3.63, 3.8) is 0 Å². The van der Waals surface area contributed by atoms with Crippen molar-refractivity contribution in [3.8, 4) is 0 Å². The highest BCUT2D eigenvalue weighted by Crippen LogP contribution is 2.51. The Morgan fingerprint density at radius 2 is 1.81 bits per heavy atom. The van der Waals surface area contributed by atoms with Crippen LogP contribution >= 0.6 is 0 Å². The zero-order valence-electron chi connectivity index (χ0n) is 24.4. The fraction of sp³-hybridized carbons (Fsp3) is 0.375. The molecule has 26 heavy (non-hydrogen) atoms. The summed E-state index contributed by atoms with van der Waals surface area (Å²) in [5, 5.41) is 2.01. The number of hydrogen-bond acceptors (Lipinski definition) is 0. The summed E-state index contributed by atoms with van der Waals surface area (Å²) >= 11 is 0. The van der Waals surface area contributed by atoms with Crippen LogP contribution in [0.25, 0.3) is 27.3 Å². The van der Waals surface area contributed by atoms with Crippen molar-refractivity contribution in [1.82, 2.24) is 4.40 Å². The quantitative estimate of drug-likeness (QED) is 0.301. The van der Waals surface area contributed by atoms with Crippen molar-refractivity contribution < 1.29 is 16.9 Å². The average Bonchev–Trinajstić information content (AvgIpc) is 3.01. The van der Waals surface area contributed by atoms with Crippen LogP contribution in [0.4, 0.5) is 0 Å². The van der Waals surface area contributed by atoms with Crippen LogP contribution in [0.3, 0.4) is 0 Å². The second kappa shape index (κ2) is 4.49. The van der Waals surface area contributed by atoms with E-state index >= 15 is 0 Å². The minimum atomic E-state index is -2.89. The lowest BCUT2D eigenvalue weighted by molar-refractivity contribution is -0.643. The Morgan fingerprint density at radius 1 is 1.00 bits per heavy atom. The lowest BCUT2D eigenvalue weighted by atomic mass is 9.60. The molecule has 0 bridgehead atoms. The van der Waals surface area contributed by atoms with Crippen molar-refractivity contribution in [2.45, 2.75) is 52.2 Å². The Balaban J connectivity index is 2.25. The summed E-state index contributed by atoms with van der Waals surface area (Å²) in [5.74, 6) is 0. The van der Waals surface area contributed by atoms with E-state index in [1.54, 1.807) is 42.1 Å². The fourth-order valence-electron chi connectivity index (χ4n) is 4.65. The molecule has 0 atom stereocenters. The van der Waals surface area contributed by atoms with Gasteiger partial charge in [0.25, 0.3) is 5.65 Å². The highest BCUT2D eigenvalue weighted by Gasteiger charge is 2.50. The first-order chi connectivity index (χ1) is 15.9. The summed E-state index contributed by atoms with van der Waals surface area (Å²) < 4.78 is 79.8. The first-order valence-electron chi connectivity index (χ1n) is 13.3. The number of aromatic nitrogens is 2. The standard InChI is InChI=1S/C24H27N2/c1-14-9-8-10-16-19-15(2)11-12-17-21(19)26-18(24(5,6)23(17,3)4)13-25(7)22(26)20(14)16/h8-13H,1-7H3/q+1/i2D3,5D3,6D3. The first kappa shape index (κ1) is 9.03. The van der Waals surface area contributed by atoms with Crippen molar-refractivity contribution >= 4 is 27.3 Å². The molecule has 0 fully saturated rings. The molecule has 0 aliphatic carbocycles. The molecule has 5 rings (SSSR count). The fourth-order valence-corrected chi connectivity index (χ4v) is 4.65. The maximum atomic E-state index is 8.60. The Bertz CT molecular complexity index is 1540. The van der Waals surface area contributed by atoms with Gasteiger partial charge in [0.2, 0.25) is 0 Å². The average molecular weight is 353 g/mol. The maximum Gasteiger partial charge on any atom is 0.295 e.